The first-order valence-electron chi connectivity index (χ1n) is 5.47. The minimum absolute atomic E-state index is 0.232. The summed E-state index contributed by atoms with van der Waals surface area (Å²) in [6, 6.07) is 0. The van der Waals surface area contributed by atoms with Crippen molar-refractivity contribution >= 4 is 11.3 Å². The van der Waals surface area contributed by atoms with Crippen LogP contribution in [0.1, 0.15) is 30.5 Å². The Bertz CT molecular complexity index is 318. The van der Waals surface area contributed by atoms with Gasteiger partial charge in [-0.05, 0) is 19.4 Å². The summed E-state index contributed by atoms with van der Waals surface area (Å²) >= 11 is 1.77. The van der Waals surface area contributed by atoms with Crippen LogP contribution in [0.2, 0.25) is 0 Å². The van der Waals surface area contributed by atoms with E-state index in [1.165, 1.54) is 5.01 Å². The van der Waals surface area contributed by atoms with Crippen LogP contribution in [0.3, 0.4) is 0 Å². The molecule has 0 spiro atoms. The SMILES string of the molecule is CC1(c2nc(CCN)cs2)CCOCC1. The highest BCUT2D eigenvalue weighted by Crippen LogP contribution is 2.35. The lowest BCUT2D eigenvalue weighted by atomic mass is 9.83. The molecule has 1 fully saturated rings. The molecule has 3 nitrogen and oxygen atoms in total. The normalized spacial score (nSPS) is 20.4. The van der Waals surface area contributed by atoms with E-state index in [-0.39, 0.29) is 5.41 Å². The van der Waals surface area contributed by atoms with Gasteiger partial charge in [0, 0.05) is 30.4 Å². The Hall–Kier alpha value is -0.450. The molecule has 0 atom stereocenters. The van der Waals surface area contributed by atoms with Gasteiger partial charge in [0.05, 0.1) is 10.7 Å². The largest absolute Gasteiger partial charge is 0.381 e. The second-order valence-corrected chi connectivity index (χ2v) is 5.21. The minimum atomic E-state index is 0.232. The maximum atomic E-state index is 5.53. The van der Waals surface area contributed by atoms with Gasteiger partial charge in [0.2, 0.25) is 0 Å². The number of hydrogen-bond acceptors (Lipinski definition) is 4. The van der Waals surface area contributed by atoms with Gasteiger partial charge in [-0.15, -0.1) is 11.3 Å². The smallest absolute Gasteiger partial charge is 0.0989 e. The molecule has 2 N–H and O–H groups in total. The monoisotopic (exact) mass is 226 g/mol. The van der Waals surface area contributed by atoms with E-state index in [4.69, 9.17) is 10.5 Å². The van der Waals surface area contributed by atoms with Crippen LogP contribution < -0.4 is 5.73 Å². The molecule has 1 aromatic rings. The van der Waals surface area contributed by atoms with Crippen molar-refractivity contribution in [3.63, 3.8) is 0 Å². The van der Waals surface area contributed by atoms with Crippen LogP contribution in [0.15, 0.2) is 5.38 Å². The Labute approximate surface area is 94.7 Å². The third-order valence-electron chi connectivity index (χ3n) is 3.06. The average molecular weight is 226 g/mol. The molecule has 0 radical (unpaired) electrons. The molecule has 2 rings (SSSR count). The molecule has 1 aliphatic heterocycles. The third-order valence-corrected chi connectivity index (χ3v) is 4.26. The van der Waals surface area contributed by atoms with Crippen LogP contribution >= 0.6 is 11.3 Å². The fourth-order valence-corrected chi connectivity index (χ4v) is 2.96. The molecule has 1 aliphatic rings. The summed E-state index contributed by atoms with van der Waals surface area (Å²) in [6.45, 7) is 4.70. The molecule has 0 saturated carbocycles. The Morgan fingerprint density at radius 1 is 1.53 bits per heavy atom. The summed E-state index contributed by atoms with van der Waals surface area (Å²) in [5.41, 5.74) is 6.90. The van der Waals surface area contributed by atoms with E-state index in [1.54, 1.807) is 11.3 Å². The van der Waals surface area contributed by atoms with Gasteiger partial charge >= 0.3 is 0 Å². The fraction of sp³-hybridized carbons (Fsp3) is 0.727. The lowest BCUT2D eigenvalue weighted by Gasteiger charge is -2.31. The van der Waals surface area contributed by atoms with Crippen molar-refractivity contribution in [2.75, 3.05) is 19.8 Å². The number of hydrogen-bond donors (Lipinski definition) is 1. The van der Waals surface area contributed by atoms with Crippen molar-refractivity contribution in [1.82, 2.24) is 4.98 Å². The van der Waals surface area contributed by atoms with Crippen molar-refractivity contribution in [3.05, 3.63) is 16.1 Å². The second kappa shape index (κ2) is 4.60. The van der Waals surface area contributed by atoms with E-state index in [2.05, 4.69) is 17.3 Å². The van der Waals surface area contributed by atoms with Crippen molar-refractivity contribution in [2.45, 2.75) is 31.6 Å². The molecular formula is C11H18N2OS. The van der Waals surface area contributed by atoms with E-state index in [0.29, 0.717) is 6.54 Å². The van der Waals surface area contributed by atoms with E-state index >= 15 is 0 Å². The first-order valence-corrected chi connectivity index (χ1v) is 6.35. The Morgan fingerprint density at radius 2 is 2.27 bits per heavy atom. The van der Waals surface area contributed by atoms with Gasteiger partial charge in [-0.25, -0.2) is 4.98 Å². The molecule has 1 saturated heterocycles. The summed E-state index contributed by atoms with van der Waals surface area (Å²) in [5, 5.41) is 3.40. The Kier molecular flexibility index (Phi) is 3.38. The minimum Gasteiger partial charge on any atom is -0.381 e. The van der Waals surface area contributed by atoms with Gasteiger partial charge in [0.1, 0.15) is 0 Å². The van der Waals surface area contributed by atoms with Crippen LogP contribution in [0.5, 0.6) is 0 Å². The summed E-state index contributed by atoms with van der Waals surface area (Å²) in [4.78, 5) is 4.68. The molecule has 0 unspecified atom stereocenters. The van der Waals surface area contributed by atoms with Crippen LogP contribution in [-0.4, -0.2) is 24.7 Å². The van der Waals surface area contributed by atoms with Crippen molar-refractivity contribution in [1.29, 1.82) is 0 Å². The summed E-state index contributed by atoms with van der Waals surface area (Å²) in [6.07, 6.45) is 3.06. The van der Waals surface area contributed by atoms with Crippen molar-refractivity contribution < 1.29 is 4.74 Å². The Balaban J connectivity index is 2.12. The zero-order valence-electron chi connectivity index (χ0n) is 9.16. The molecule has 0 bridgehead atoms. The maximum Gasteiger partial charge on any atom is 0.0989 e. The number of aromatic nitrogens is 1. The molecule has 0 amide bonds. The number of rotatable bonds is 3. The first kappa shape index (κ1) is 11.0. The molecule has 15 heavy (non-hydrogen) atoms. The van der Waals surface area contributed by atoms with E-state index in [9.17, 15) is 0 Å². The van der Waals surface area contributed by atoms with Gasteiger partial charge < -0.3 is 10.5 Å². The maximum absolute atomic E-state index is 5.53. The fourth-order valence-electron chi connectivity index (χ4n) is 1.88. The van der Waals surface area contributed by atoms with E-state index in [0.717, 1.165) is 38.2 Å². The Morgan fingerprint density at radius 3 is 2.93 bits per heavy atom. The highest BCUT2D eigenvalue weighted by Gasteiger charge is 2.32. The average Bonchev–Trinajstić information content (AvgIpc) is 2.69. The molecule has 4 heteroatoms. The van der Waals surface area contributed by atoms with Crippen LogP contribution in [0, 0.1) is 0 Å². The van der Waals surface area contributed by atoms with Gasteiger partial charge in [-0.2, -0.15) is 0 Å². The molecule has 0 aromatic carbocycles. The number of nitrogens with zero attached hydrogens (tertiary/aromatic N) is 1. The lowest BCUT2D eigenvalue weighted by Crippen LogP contribution is -2.30. The summed E-state index contributed by atoms with van der Waals surface area (Å²) < 4.78 is 5.40. The topological polar surface area (TPSA) is 48.1 Å². The predicted molar refractivity (Wildman–Crippen MR) is 62.3 cm³/mol. The molecule has 1 aromatic heterocycles. The highest BCUT2D eigenvalue weighted by molar-refractivity contribution is 7.09. The highest BCUT2D eigenvalue weighted by atomic mass is 32.1. The third kappa shape index (κ3) is 2.38. The molecule has 0 aliphatic carbocycles. The van der Waals surface area contributed by atoms with Crippen molar-refractivity contribution in [3.8, 4) is 0 Å². The van der Waals surface area contributed by atoms with Gasteiger partial charge in [0.15, 0.2) is 0 Å². The zero-order chi connectivity index (χ0) is 10.7. The summed E-state index contributed by atoms with van der Waals surface area (Å²) in [7, 11) is 0. The second-order valence-electron chi connectivity index (χ2n) is 4.36. The van der Waals surface area contributed by atoms with E-state index in [1.807, 2.05) is 0 Å². The molecule has 84 valence electrons. The number of thiazole rings is 1. The van der Waals surface area contributed by atoms with Gasteiger partial charge in [0.25, 0.3) is 0 Å². The van der Waals surface area contributed by atoms with Crippen LogP contribution in [0.4, 0.5) is 0 Å². The van der Waals surface area contributed by atoms with E-state index < -0.39 is 0 Å². The van der Waals surface area contributed by atoms with Crippen molar-refractivity contribution in [2.24, 2.45) is 5.73 Å². The van der Waals surface area contributed by atoms with Crippen LogP contribution in [0.25, 0.3) is 0 Å². The number of nitrogens with two attached hydrogens (primary N) is 1. The quantitative estimate of drug-likeness (QED) is 0.853. The molecule has 2 heterocycles. The first-order chi connectivity index (χ1) is 7.24. The summed E-state index contributed by atoms with van der Waals surface area (Å²) in [5.74, 6) is 0. The standard InChI is InChI=1S/C11H18N2OS/c1-11(3-6-14-7-4-11)10-13-9(2-5-12)8-15-10/h8H,2-7,12H2,1H3. The van der Waals surface area contributed by atoms with Gasteiger partial charge in [-0.1, -0.05) is 6.92 Å². The predicted octanol–water partition coefficient (Wildman–Crippen LogP) is 1.71. The van der Waals surface area contributed by atoms with Crippen LogP contribution in [-0.2, 0) is 16.6 Å². The molecular weight excluding hydrogens is 208 g/mol. The lowest BCUT2D eigenvalue weighted by molar-refractivity contribution is 0.0563. The number of ether oxygens (including phenoxy) is 1. The van der Waals surface area contributed by atoms with Gasteiger partial charge in [-0.3, -0.25) is 0 Å². The zero-order valence-corrected chi connectivity index (χ0v) is 9.98.